The van der Waals surface area contributed by atoms with E-state index < -0.39 is 0 Å². The number of hydrogen-bond acceptors (Lipinski definition) is 3. The predicted octanol–water partition coefficient (Wildman–Crippen LogP) is 2.72. The average molecular weight is 341 g/mol. The Bertz CT molecular complexity index is 641. The van der Waals surface area contributed by atoms with Crippen molar-refractivity contribution < 1.29 is 4.79 Å². The maximum atomic E-state index is 12.4. The van der Waals surface area contributed by atoms with Crippen LogP contribution in [0.4, 0.5) is 0 Å². The topological polar surface area (TPSA) is 75.0 Å². The van der Waals surface area contributed by atoms with Gasteiger partial charge in [0, 0.05) is 29.7 Å². The molecule has 0 radical (unpaired) electrons. The molecule has 1 saturated heterocycles. The Morgan fingerprint density at radius 1 is 1.36 bits per heavy atom. The molecule has 1 fully saturated rings. The number of carbonyl (C=O) groups excluding carboxylic acids is 1. The predicted molar refractivity (Wildman–Crippen MR) is 89.4 cm³/mol. The molecular formula is C15H18Cl2N4O. The van der Waals surface area contributed by atoms with Gasteiger partial charge < -0.3 is 10.6 Å². The second-order valence-corrected chi connectivity index (χ2v) is 5.76. The minimum absolute atomic E-state index is 0. The molecule has 22 heavy (non-hydrogen) atoms. The van der Waals surface area contributed by atoms with Crippen molar-refractivity contribution in [2.24, 2.45) is 5.73 Å². The number of hydrogen-bond donors (Lipinski definition) is 2. The van der Waals surface area contributed by atoms with Gasteiger partial charge in [-0.2, -0.15) is 5.10 Å². The molecule has 118 valence electrons. The molecule has 1 aliphatic rings. The lowest BCUT2D eigenvalue weighted by molar-refractivity contribution is 0.0703. The first kappa shape index (κ1) is 16.8. The summed E-state index contributed by atoms with van der Waals surface area (Å²) in [4.78, 5) is 14.2. The van der Waals surface area contributed by atoms with Crippen molar-refractivity contribution in [3.05, 3.63) is 41.0 Å². The second-order valence-electron chi connectivity index (χ2n) is 5.33. The van der Waals surface area contributed by atoms with Crippen LogP contribution in [0, 0.1) is 0 Å². The fourth-order valence-corrected chi connectivity index (χ4v) is 2.69. The van der Waals surface area contributed by atoms with Crippen molar-refractivity contribution in [2.75, 3.05) is 13.1 Å². The Morgan fingerprint density at radius 3 is 2.77 bits per heavy atom. The summed E-state index contributed by atoms with van der Waals surface area (Å²) in [5.74, 6) is -0.0436. The number of aromatic amines is 1. The third-order valence-corrected chi connectivity index (χ3v) is 3.95. The van der Waals surface area contributed by atoms with E-state index in [-0.39, 0.29) is 24.4 Å². The van der Waals surface area contributed by atoms with E-state index >= 15 is 0 Å². The molecule has 1 aliphatic heterocycles. The maximum absolute atomic E-state index is 12.4. The average Bonchev–Trinajstić information content (AvgIpc) is 2.97. The Kier molecular flexibility index (Phi) is 5.45. The number of nitrogens with one attached hydrogen (secondary N) is 1. The molecule has 0 spiro atoms. The second kappa shape index (κ2) is 7.13. The molecule has 0 saturated carbocycles. The SMILES string of the molecule is Cl.NC1CCCN(C(=O)c2cc(-c3ccc(Cl)cc3)n[nH]2)C1. The fraction of sp³-hybridized carbons (Fsp3) is 0.333. The number of piperidine rings is 1. The summed E-state index contributed by atoms with van der Waals surface area (Å²) in [5, 5.41) is 7.69. The lowest BCUT2D eigenvalue weighted by atomic mass is 10.1. The normalized spacial score (nSPS) is 17.9. The number of nitrogens with two attached hydrogens (primary N) is 1. The van der Waals surface area contributed by atoms with Crippen LogP contribution in [0.1, 0.15) is 23.3 Å². The van der Waals surface area contributed by atoms with Gasteiger partial charge in [0.2, 0.25) is 0 Å². The van der Waals surface area contributed by atoms with Crippen LogP contribution < -0.4 is 5.73 Å². The molecule has 2 aromatic rings. The van der Waals surface area contributed by atoms with E-state index in [2.05, 4.69) is 10.2 Å². The highest BCUT2D eigenvalue weighted by Crippen LogP contribution is 2.21. The molecular weight excluding hydrogens is 323 g/mol. The third-order valence-electron chi connectivity index (χ3n) is 3.69. The molecule has 0 bridgehead atoms. The number of benzene rings is 1. The van der Waals surface area contributed by atoms with Crippen molar-refractivity contribution in [1.82, 2.24) is 15.1 Å². The van der Waals surface area contributed by atoms with Crippen LogP contribution in [0.25, 0.3) is 11.3 Å². The van der Waals surface area contributed by atoms with Crippen molar-refractivity contribution >= 4 is 29.9 Å². The van der Waals surface area contributed by atoms with Gasteiger partial charge in [0.1, 0.15) is 5.69 Å². The zero-order valence-electron chi connectivity index (χ0n) is 12.0. The Hall–Kier alpha value is -1.56. The molecule has 1 unspecified atom stereocenters. The molecule has 5 nitrogen and oxygen atoms in total. The standard InChI is InChI=1S/C15H17ClN4O.ClH/c16-11-5-3-10(4-6-11)13-8-14(19-18-13)15(21)20-7-1-2-12(17)9-20;/h3-6,8,12H,1-2,7,9,17H2,(H,18,19);1H. The van der Waals surface area contributed by atoms with Crippen LogP contribution in [0.2, 0.25) is 5.02 Å². The summed E-state index contributed by atoms with van der Waals surface area (Å²) in [5.41, 5.74) is 8.07. The number of aromatic nitrogens is 2. The van der Waals surface area contributed by atoms with Gasteiger partial charge in [0.15, 0.2) is 0 Å². The van der Waals surface area contributed by atoms with Gasteiger partial charge in [0.05, 0.1) is 5.69 Å². The van der Waals surface area contributed by atoms with Crippen LogP contribution in [-0.2, 0) is 0 Å². The number of amides is 1. The number of halogens is 2. The van der Waals surface area contributed by atoms with Crippen molar-refractivity contribution in [3.63, 3.8) is 0 Å². The Morgan fingerprint density at radius 2 is 2.09 bits per heavy atom. The summed E-state index contributed by atoms with van der Waals surface area (Å²) in [6.45, 7) is 1.36. The largest absolute Gasteiger partial charge is 0.336 e. The van der Waals surface area contributed by atoms with Crippen molar-refractivity contribution in [2.45, 2.75) is 18.9 Å². The fourth-order valence-electron chi connectivity index (χ4n) is 2.56. The van der Waals surface area contributed by atoms with Gasteiger partial charge in [-0.3, -0.25) is 9.89 Å². The number of rotatable bonds is 2. The smallest absolute Gasteiger partial charge is 0.271 e. The highest BCUT2D eigenvalue weighted by molar-refractivity contribution is 6.30. The lowest BCUT2D eigenvalue weighted by Crippen LogP contribution is -2.45. The minimum atomic E-state index is -0.0436. The van der Waals surface area contributed by atoms with Crippen LogP contribution >= 0.6 is 24.0 Å². The Balaban J connectivity index is 0.00000176. The van der Waals surface area contributed by atoms with E-state index in [0.717, 1.165) is 30.6 Å². The van der Waals surface area contributed by atoms with Crippen LogP contribution in [0.5, 0.6) is 0 Å². The van der Waals surface area contributed by atoms with E-state index in [1.54, 1.807) is 23.1 Å². The van der Waals surface area contributed by atoms with E-state index in [1.807, 2.05) is 12.1 Å². The molecule has 1 aromatic heterocycles. The molecule has 1 amide bonds. The minimum Gasteiger partial charge on any atom is -0.336 e. The van der Waals surface area contributed by atoms with Crippen LogP contribution in [0.3, 0.4) is 0 Å². The maximum Gasteiger partial charge on any atom is 0.271 e. The van der Waals surface area contributed by atoms with E-state index in [1.165, 1.54) is 0 Å². The molecule has 7 heteroatoms. The summed E-state index contributed by atoms with van der Waals surface area (Å²) in [6, 6.07) is 9.20. The summed E-state index contributed by atoms with van der Waals surface area (Å²) in [6.07, 6.45) is 1.92. The summed E-state index contributed by atoms with van der Waals surface area (Å²) in [7, 11) is 0. The summed E-state index contributed by atoms with van der Waals surface area (Å²) >= 11 is 5.87. The summed E-state index contributed by atoms with van der Waals surface area (Å²) < 4.78 is 0. The molecule has 1 aromatic carbocycles. The van der Waals surface area contributed by atoms with Crippen LogP contribution in [-0.4, -0.2) is 40.1 Å². The Labute approximate surface area is 140 Å². The molecule has 3 N–H and O–H groups in total. The van der Waals surface area contributed by atoms with Gasteiger partial charge in [-0.05, 0) is 31.0 Å². The van der Waals surface area contributed by atoms with E-state index in [0.29, 0.717) is 17.3 Å². The first-order chi connectivity index (χ1) is 10.1. The van der Waals surface area contributed by atoms with Gasteiger partial charge in [-0.1, -0.05) is 23.7 Å². The van der Waals surface area contributed by atoms with Gasteiger partial charge in [0.25, 0.3) is 5.91 Å². The first-order valence-corrected chi connectivity index (χ1v) is 7.37. The van der Waals surface area contributed by atoms with Crippen molar-refractivity contribution in [1.29, 1.82) is 0 Å². The molecule has 0 aliphatic carbocycles. The zero-order chi connectivity index (χ0) is 14.8. The zero-order valence-corrected chi connectivity index (χ0v) is 13.5. The molecule has 1 atom stereocenters. The monoisotopic (exact) mass is 340 g/mol. The number of likely N-dealkylation sites (tertiary alicyclic amines) is 1. The highest BCUT2D eigenvalue weighted by atomic mass is 35.5. The molecule has 3 rings (SSSR count). The van der Waals surface area contributed by atoms with E-state index in [4.69, 9.17) is 17.3 Å². The lowest BCUT2D eigenvalue weighted by Gasteiger charge is -2.30. The van der Waals surface area contributed by atoms with Crippen molar-refractivity contribution in [3.8, 4) is 11.3 Å². The number of carbonyl (C=O) groups is 1. The van der Waals surface area contributed by atoms with Gasteiger partial charge in [-0.15, -0.1) is 12.4 Å². The van der Waals surface area contributed by atoms with Gasteiger partial charge in [-0.25, -0.2) is 0 Å². The number of nitrogens with zero attached hydrogens (tertiary/aromatic N) is 2. The molecule has 2 heterocycles. The number of H-pyrrole nitrogens is 1. The highest BCUT2D eigenvalue weighted by Gasteiger charge is 2.23. The third kappa shape index (κ3) is 3.61. The van der Waals surface area contributed by atoms with Crippen LogP contribution in [0.15, 0.2) is 30.3 Å². The van der Waals surface area contributed by atoms with Gasteiger partial charge >= 0.3 is 0 Å². The first-order valence-electron chi connectivity index (χ1n) is 6.99. The quantitative estimate of drug-likeness (QED) is 0.882. The van der Waals surface area contributed by atoms with E-state index in [9.17, 15) is 4.79 Å².